The van der Waals surface area contributed by atoms with Crippen LogP contribution in [0, 0.1) is 0 Å². The third-order valence-electron chi connectivity index (χ3n) is 3.13. The summed E-state index contributed by atoms with van der Waals surface area (Å²) in [5.41, 5.74) is 5.26. The Balaban J connectivity index is 2.31. The molecule has 0 saturated carbocycles. The Hall–Kier alpha value is -1.64. The van der Waals surface area contributed by atoms with Crippen LogP contribution >= 0.6 is 0 Å². The summed E-state index contributed by atoms with van der Waals surface area (Å²) in [7, 11) is -2.29. The van der Waals surface area contributed by atoms with Crippen molar-refractivity contribution in [2.24, 2.45) is 5.73 Å². The second-order valence-corrected chi connectivity index (χ2v) is 6.25. The van der Waals surface area contributed by atoms with Crippen molar-refractivity contribution in [3.63, 3.8) is 0 Å². The summed E-state index contributed by atoms with van der Waals surface area (Å²) < 4.78 is 32.0. The van der Waals surface area contributed by atoms with Gasteiger partial charge in [0.1, 0.15) is 5.75 Å². The van der Waals surface area contributed by atoms with Gasteiger partial charge in [-0.05, 0) is 31.2 Å². The van der Waals surface area contributed by atoms with Crippen molar-refractivity contribution in [2.75, 3.05) is 20.2 Å². The van der Waals surface area contributed by atoms with E-state index in [1.807, 2.05) is 0 Å². The molecule has 1 unspecified atom stereocenters. The summed E-state index contributed by atoms with van der Waals surface area (Å²) in [5.74, 6) is -0.486. The van der Waals surface area contributed by atoms with Crippen LogP contribution in [-0.2, 0) is 10.0 Å². The van der Waals surface area contributed by atoms with Crippen LogP contribution in [-0.4, -0.2) is 40.6 Å². The lowest BCUT2D eigenvalue weighted by Crippen LogP contribution is -2.36. The molecule has 1 heterocycles. The average Bonchev–Trinajstić information content (AvgIpc) is 2.89. The molecule has 0 aliphatic carbocycles. The quantitative estimate of drug-likeness (QED) is 0.674. The lowest BCUT2D eigenvalue weighted by atomic mass is 10.2. The maximum atomic E-state index is 12.2. The smallest absolute Gasteiger partial charge is 0.252 e. The van der Waals surface area contributed by atoms with Gasteiger partial charge in [-0.15, -0.1) is 0 Å². The van der Waals surface area contributed by atoms with Crippen LogP contribution in [0.15, 0.2) is 23.1 Å². The molecule has 0 bridgehead atoms. The average molecular weight is 299 g/mol. The SMILES string of the molecule is COc1ccc(S(=O)(=O)NC2CCNC2)cc1C(N)=O. The van der Waals surface area contributed by atoms with E-state index in [1.54, 1.807) is 0 Å². The number of benzene rings is 1. The van der Waals surface area contributed by atoms with Gasteiger partial charge >= 0.3 is 0 Å². The van der Waals surface area contributed by atoms with Gasteiger partial charge in [0.15, 0.2) is 0 Å². The van der Waals surface area contributed by atoms with Gasteiger partial charge in [-0.2, -0.15) is 0 Å². The fourth-order valence-corrected chi connectivity index (χ4v) is 3.39. The van der Waals surface area contributed by atoms with Gasteiger partial charge in [0.2, 0.25) is 10.0 Å². The molecule has 2 rings (SSSR count). The first-order valence-corrected chi connectivity index (χ1v) is 7.63. The van der Waals surface area contributed by atoms with Gasteiger partial charge in [-0.1, -0.05) is 0 Å². The van der Waals surface area contributed by atoms with Crippen LogP contribution in [0.25, 0.3) is 0 Å². The number of amides is 1. The number of hydrogen-bond acceptors (Lipinski definition) is 5. The largest absolute Gasteiger partial charge is 0.496 e. The Morgan fingerprint density at radius 1 is 1.50 bits per heavy atom. The first-order chi connectivity index (χ1) is 9.44. The number of carbonyl (C=O) groups is 1. The van der Waals surface area contributed by atoms with Gasteiger partial charge in [0.25, 0.3) is 5.91 Å². The van der Waals surface area contributed by atoms with E-state index in [0.29, 0.717) is 6.54 Å². The topological polar surface area (TPSA) is 111 Å². The number of primary amides is 1. The van der Waals surface area contributed by atoms with Crippen LogP contribution in [0.1, 0.15) is 16.8 Å². The van der Waals surface area contributed by atoms with Gasteiger partial charge in [0.05, 0.1) is 17.6 Å². The molecule has 1 aromatic rings. The summed E-state index contributed by atoms with van der Waals surface area (Å²) in [6, 6.07) is 3.89. The minimum absolute atomic E-state index is 0.000926. The standard InChI is InChI=1S/C12H17N3O4S/c1-19-11-3-2-9(6-10(11)12(13)16)20(17,18)15-8-4-5-14-7-8/h2-3,6,8,14-15H,4-5,7H2,1H3,(H2,13,16). The minimum Gasteiger partial charge on any atom is -0.496 e. The highest BCUT2D eigenvalue weighted by molar-refractivity contribution is 7.89. The highest BCUT2D eigenvalue weighted by atomic mass is 32.2. The highest BCUT2D eigenvalue weighted by Gasteiger charge is 2.24. The molecule has 0 aromatic heterocycles. The second kappa shape index (κ2) is 5.78. The third kappa shape index (κ3) is 3.09. The van der Waals surface area contributed by atoms with Crippen molar-refractivity contribution in [1.29, 1.82) is 0 Å². The first kappa shape index (κ1) is 14.8. The van der Waals surface area contributed by atoms with E-state index in [1.165, 1.54) is 25.3 Å². The van der Waals surface area contributed by atoms with E-state index in [2.05, 4.69) is 10.0 Å². The van der Waals surface area contributed by atoms with Crippen molar-refractivity contribution < 1.29 is 17.9 Å². The first-order valence-electron chi connectivity index (χ1n) is 6.15. The number of ether oxygens (including phenoxy) is 1. The zero-order chi connectivity index (χ0) is 14.8. The van der Waals surface area contributed by atoms with E-state index in [0.717, 1.165) is 13.0 Å². The Morgan fingerprint density at radius 3 is 2.80 bits per heavy atom. The summed E-state index contributed by atoms with van der Waals surface area (Å²) in [4.78, 5) is 11.3. The third-order valence-corrected chi connectivity index (χ3v) is 4.65. The van der Waals surface area contributed by atoms with E-state index in [-0.39, 0.29) is 22.3 Å². The minimum atomic E-state index is -3.68. The van der Waals surface area contributed by atoms with Crippen LogP contribution < -0.4 is 20.5 Å². The molecule has 1 atom stereocenters. The number of carbonyl (C=O) groups excluding carboxylic acids is 1. The predicted molar refractivity (Wildman–Crippen MR) is 73.1 cm³/mol. The molecule has 20 heavy (non-hydrogen) atoms. The summed E-state index contributed by atoms with van der Waals surface area (Å²) >= 11 is 0. The molecular formula is C12H17N3O4S. The van der Waals surface area contributed by atoms with E-state index in [4.69, 9.17) is 10.5 Å². The van der Waals surface area contributed by atoms with Crippen molar-refractivity contribution in [3.05, 3.63) is 23.8 Å². The Labute approximate surface area is 117 Å². The van der Waals surface area contributed by atoms with Crippen molar-refractivity contribution in [3.8, 4) is 5.75 Å². The zero-order valence-electron chi connectivity index (χ0n) is 11.0. The van der Waals surface area contributed by atoms with Gasteiger partial charge in [-0.3, -0.25) is 4.79 Å². The molecular weight excluding hydrogens is 282 g/mol. The van der Waals surface area contributed by atoms with Crippen LogP contribution in [0.5, 0.6) is 5.75 Å². The van der Waals surface area contributed by atoms with Gasteiger partial charge < -0.3 is 15.8 Å². The highest BCUT2D eigenvalue weighted by Crippen LogP contribution is 2.22. The number of hydrogen-bond donors (Lipinski definition) is 3. The molecule has 1 amide bonds. The second-order valence-electron chi connectivity index (χ2n) is 4.54. The van der Waals surface area contributed by atoms with E-state index >= 15 is 0 Å². The number of methoxy groups -OCH3 is 1. The van der Waals surface area contributed by atoms with Crippen LogP contribution in [0.2, 0.25) is 0 Å². The molecule has 1 aliphatic heterocycles. The normalized spacial score (nSPS) is 18.9. The fraction of sp³-hybridized carbons (Fsp3) is 0.417. The Bertz CT molecular complexity index is 609. The van der Waals surface area contributed by atoms with Crippen molar-refractivity contribution >= 4 is 15.9 Å². The molecule has 1 saturated heterocycles. The molecule has 1 fully saturated rings. The summed E-state index contributed by atoms with van der Waals surface area (Å²) in [6.07, 6.45) is 0.734. The number of rotatable bonds is 5. The van der Waals surface area contributed by atoms with Gasteiger partial charge in [-0.25, -0.2) is 13.1 Å². The number of sulfonamides is 1. The summed E-state index contributed by atoms with van der Waals surface area (Å²) in [6.45, 7) is 1.38. The maximum Gasteiger partial charge on any atom is 0.252 e. The number of nitrogens with two attached hydrogens (primary N) is 1. The zero-order valence-corrected chi connectivity index (χ0v) is 11.9. The molecule has 1 aliphatic rings. The molecule has 1 aromatic carbocycles. The lowest BCUT2D eigenvalue weighted by molar-refractivity contribution is 0.0997. The molecule has 7 nitrogen and oxygen atoms in total. The Kier molecular flexibility index (Phi) is 4.26. The van der Waals surface area contributed by atoms with Crippen molar-refractivity contribution in [2.45, 2.75) is 17.4 Å². The number of nitrogens with one attached hydrogen (secondary N) is 2. The molecule has 8 heteroatoms. The van der Waals surface area contributed by atoms with Crippen LogP contribution in [0.3, 0.4) is 0 Å². The maximum absolute atomic E-state index is 12.2. The molecule has 110 valence electrons. The van der Waals surface area contributed by atoms with E-state index < -0.39 is 15.9 Å². The molecule has 4 N–H and O–H groups in total. The summed E-state index contributed by atoms with van der Waals surface area (Å²) in [5, 5.41) is 3.07. The van der Waals surface area contributed by atoms with E-state index in [9.17, 15) is 13.2 Å². The Morgan fingerprint density at radius 2 is 2.25 bits per heavy atom. The monoisotopic (exact) mass is 299 g/mol. The predicted octanol–water partition coefficient (Wildman–Crippen LogP) is -0.566. The van der Waals surface area contributed by atoms with Crippen LogP contribution in [0.4, 0.5) is 0 Å². The lowest BCUT2D eigenvalue weighted by Gasteiger charge is -2.13. The van der Waals surface area contributed by atoms with Gasteiger partial charge in [0, 0.05) is 12.6 Å². The molecule has 0 radical (unpaired) electrons. The van der Waals surface area contributed by atoms with Crippen molar-refractivity contribution in [1.82, 2.24) is 10.0 Å². The fourth-order valence-electron chi connectivity index (χ4n) is 2.09. The molecule has 0 spiro atoms.